The number of aliphatic hydroxyl groups excluding tert-OH is 1. The lowest BCUT2D eigenvalue weighted by Gasteiger charge is -2.49. The van der Waals surface area contributed by atoms with E-state index in [2.05, 4.69) is 24.5 Å². The smallest absolute Gasteiger partial charge is 0.407 e. The van der Waals surface area contributed by atoms with Crippen molar-refractivity contribution >= 4 is 6.09 Å². The molecular formula is C15H28N2O3. The van der Waals surface area contributed by atoms with Gasteiger partial charge in [-0.25, -0.2) is 4.79 Å². The minimum absolute atomic E-state index is 0.0530. The van der Waals surface area contributed by atoms with Gasteiger partial charge in [-0.1, -0.05) is 26.0 Å². The van der Waals surface area contributed by atoms with E-state index in [1.165, 1.54) is 0 Å². The molecule has 0 aromatic rings. The van der Waals surface area contributed by atoms with Crippen LogP contribution in [0.2, 0.25) is 0 Å². The van der Waals surface area contributed by atoms with E-state index in [0.29, 0.717) is 12.6 Å². The third-order valence-electron chi connectivity index (χ3n) is 3.63. The number of aliphatic hydroxyl groups is 1. The second-order valence-electron chi connectivity index (χ2n) is 6.89. The van der Waals surface area contributed by atoms with Gasteiger partial charge in [0.1, 0.15) is 5.60 Å². The number of carbonyl (C=O) groups is 1. The lowest BCUT2D eigenvalue weighted by Crippen LogP contribution is -2.59. The number of hydrogen-bond donors (Lipinski definition) is 3. The molecule has 0 heterocycles. The fourth-order valence-corrected chi connectivity index (χ4v) is 2.08. The molecule has 20 heavy (non-hydrogen) atoms. The lowest BCUT2D eigenvalue weighted by molar-refractivity contribution is -0.0712. The first kappa shape index (κ1) is 17.0. The van der Waals surface area contributed by atoms with Crippen molar-refractivity contribution in [2.75, 3.05) is 13.1 Å². The van der Waals surface area contributed by atoms with E-state index in [0.717, 1.165) is 13.0 Å². The zero-order valence-corrected chi connectivity index (χ0v) is 13.2. The summed E-state index contributed by atoms with van der Waals surface area (Å²) in [6.07, 6.45) is 4.05. The summed E-state index contributed by atoms with van der Waals surface area (Å²) in [7, 11) is 0. The first-order valence-electron chi connectivity index (χ1n) is 7.16. The summed E-state index contributed by atoms with van der Waals surface area (Å²) >= 11 is 0. The predicted octanol–water partition coefficient (Wildman–Crippen LogP) is 1.82. The van der Waals surface area contributed by atoms with Crippen molar-refractivity contribution in [1.29, 1.82) is 0 Å². The Morgan fingerprint density at radius 3 is 2.45 bits per heavy atom. The molecule has 2 unspecified atom stereocenters. The van der Waals surface area contributed by atoms with E-state index in [4.69, 9.17) is 4.74 Å². The highest BCUT2D eigenvalue weighted by Gasteiger charge is 2.46. The Hall–Kier alpha value is -1.07. The molecule has 1 amide bonds. The Kier molecular flexibility index (Phi) is 5.59. The minimum atomic E-state index is -0.466. The lowest BCUT2D eigenvalue weighted by atomic mass is 9.64. The van der Waals surface area contributed by atoms with Gasteiger partial charge in [-0.05, 0) is 27.2 Å². The highest BCUT2D eigenvalue weighted by molar-refractivity contribution is 5.67. The molecule has 1 rings (SSSR count). The van der Waals surface area contributed by atoms with Crippen LogP contribution in [0.15, 0.2) is 12.2 Å². The number of rotatable bonds is 5. The zero-order valence-electron chi connectivity index (χ0n) is 13.2. The topological polar surface area (TPSA) is 70.6 Å². The Morgan fingerprint density at radius 1 is 1.35 bits per heavy atom. The molecule has 0 bridgehead atoms. The number of carbonyl (C=O) groups excluding carboxylic acids is 1. The minimum Gasteiger partial charge on any atom is -0.444 e. The van der Waals surface area contributed by atoms with Crippen molar-refractivity contribution in [3.63, 3.8) is 0 Å². The van der Waals surface area contributed by atoms with Crippen molar-refractivity contribution in [2.45, 2.75) is 58.8 Å². The molecule has 3 N–H and O–H groups in total. The summed E-state index contributed by atoms with van der Waals surface area (Å²) in [6, 6.07) is 0.348. The van der Waals surface area contributed by atoms with Gasteiger partial charge < -0.3 is 20.5 Å². The van der Waals surface area contributed by atoms with Crippen LogP contribution in [-0.4, -0.2) is 42.0 Å². The van der Waals surface area contributed by atoms with Gasteiger partial charge in [0.25, 0.3) is 0 Å². The third kappa shape index (κ3) is 5.13. The van der Waals surface area contributed by atoms with Crippen LogP contribution in [0.25, 0.3) is 0 Å². The van der Waals surface area contributed by atoms with Gasteiger partial charge in [0.05, 0.1) is 6.10 Å². The maximum Gasteiger partial charge on any atom is 0.407 e. The second kappa shape index (κ2) is 6.59. The Bertz CT molecular complexity index is 359. The van der Waals surface area contributed by atoms with Gasteiger partial charge in [-0.3, -0.25) is 0 Å². The fourth-order valence-electron chi connectivity index (χ4n) is 2.08. The van der Waals surface area contributed by atoms with Gasteiger partial charge in [-0.2, -0.15) is 0 Å². The molecule has 0 aromatic heterocycles. The number of amides is 1. The maximum absolute atomic E-state index is 11.4. The number of hydrogen-bond acceptors (Lipinski definition) is 4. The zero-order chi connectivity index (χ0) is 15.4. The Labute approximate surface area is 121 Å². The quantitative estimate of drug-likeness (QED) is 0.673. The van der Waals surface area contributed by atoms with Gasteiger partial charge >= 0.3 is 6.09 Å². The van der Waals surface area contributed by atoms with E-state index in [1.54, 1.807) is 0 Å². The van der Waals surface area contributed by atoms with Crippen LogP contribution in [0.1, 0.15) is 41.0 Å². The van der Waals surface area contributed by atoms with Gasteiger partial charge in [0.2, 0.25) is 0 Å². The van der Waals surface area contributed by atoms with Gasteiger partial charge in [0, 0.05) is 24.5 Å². The van der Waals surface area contributed by atoms with Crippen molar-refractivity contribution in [1.82, 2.24) is 10.6 Å². The van der Waals surface area contributed by atoms with E-state index in [-0.39, 0.29) is 11.5 Å². The van der Waals surface area contributed by atoms with Crippen LogP contribution in [0.4, 0.5) is 4.79 Å². The second-order valence-corrected chi connectivity index (χ2v) is 6.89. The number of alkyl carbamates (subject to hydrolysis) is 1. The number of ether oxygens (including phenoxy) is 1. The highest BCUT2D eigenvalue weighted by atomic mass is 16.6. The summed E-state index contributed by atoms with van der Waals surface area (Å²) in [5, 5.41) is 15.7. The molecular weight excluding hydrogens is 256 g/mol. The first-order valence-corrected chi connectivity index (χ1v) is 7.16. The van der Waals surface area contributed by atoms with Gasteiger partial charge in [-0.15, -0.1) is 0 Å². The van der Waals surface area contributed by atoms with Crippen molar-refractivity contribution in [2.24, 2.45) is 5.41 Å². The molecule has 1 aliphatic carbocycles. The molecule has 1 fully saturated rings. The van der Waals surface area contributed by atoms with Crippen molar-refractivity contribution < 1.29 is 14.6 Å². The summed E-state index contributed by atoms with van der Waals surface area (Å²) in [5.74, 6) is 0. The Balaban J connectivity index is 2.10. The molecule has 5 nitrogen and oxygen atoms in total. The van der Waals surface area contributed by atoms with E-state index in [9.17, 15) is 9.90 Å². The van der Waals surface area contributed by atoms with Crippen LogP contribution in [-0.2, 0) is 4.74 Å². The van der Waals surface area contributed by atoms with Gasteiger partial charge in [0.15, 0.2) is 0 Å². The SMILES string of the molecule is CC(C)(C)OC(=O)NC/C=C/CNC1CC(O)C1(C)C. The summed E-state index contributed by atoms with van der Waals surface area (Å²) in [6.45, 7) is 10.8. The van der Waals surface area contributed by atoms with Crippen LogP contribution >= 0.6 is 0 Å². The molecule has 5 heteroatoms. The first-order chi connectivity index (χ1) is 9.13. The van der Waals surface area contributed by atoms with E-state index < -0.39 is 11.7 Å². The summed E-state index contributed by atoms with van der Waals surface area (Å²) in [4.78, 5) is 11.4. The molecule has 0 saturated heterocycles. The monoisotopic (exact) mass is 284 g/mol. The van der Waals surface area contributed by atoms with Crippen molar-refractivity contribution in [3.8, 4) is 0 Å². The average molecular weight is 284 g/mol. The Morgan fingerprint density at radius 2 is 1.95 bits per heavy atom. The summed E-state index contributed by atoms with van der Waals surface area (Å²) < 4.78 is 5.12. The molecule has 1 saturated carbocycles. The molecule has 0 radical (unpaired) electrons. The number of nitrogens with one attached hydrogen (secondary N) is 2. The molecule has 0 aromatic carbocycles. The van der Waals surface area contributed by atoms with Crippen LogP contribution in [0.5, 0.6) is 0 Å². The molecule has 0 spiro atoms. The normalized spacial score (nSPS) is 25.3. The standard InChI is InChI=1S/C15H28N2O3/c1-14(2,3)20-13(19)17-9-7-6-8-16-11-10-12(18)15(11,4)5/h6-7,11-12,16,18H,8-10H2,1-5H3,(H,17,19)/b7-6+. The van der Waals surface area contributed by atoms with E-state index in [1.807, 2.05) is 32.9 Å². The predicted molar refractivity (Wildman–Crippen MR) is 79.6 cm³/mol. The largest absolute Gasteiger partial charge is 0.444 e. The maximum atomic E-state index is 11.4. The van der Waals surface area contributed by atoms with E-state index >= 15 is 0 Å². The van der Waals surface area contributed by atoms with Crippen LogP contribution < -0.4 is 10.6 Å². The molecule has 0 aliphatic heterocycles. The molecule has 1 aliphatic rings. The fraction of sp³-hybridized carbons (Fsp3) is 0.800. The molecule has 116 valence electrons. The highest BCUT2D eigenvalue weighted by Crippen LogP contribution is 2.40. The molecule has 2 atom stereocenters. The van der Waals surface area contributed by atoms with Crippen LogP contribution in [0.3, 0.4) is 0 Å². The van der Waals surface area contributed by atoms with Crippen molar-refractivity contribution in [3.05, 3.63) is 12.2 Å². The van der Waals surface area contributed by atoms with Crippen LogP contribution in [0, 0.1) is 5.41 Å². The summed E-state index contributed by atoms with van der Waals surface area (Å²) in [5.41, 5.74) is -0.519. The third-order valence-corrected chi connectivity index (χ3v) is 3.63. The average Bonchev–Trinajstić information content (AvgIpc) is 2.29.